The minimum atomic E-state index is -0.262. The van der Waals surface area contributed by atoms with E-state index in [1.807, 2.05) is 53.4 Å². The van der Waals surface area contributed by atoms with Crippen molar-refractivity contribution in [2.75, 3.05) is 32.2 Å². The van der Waals surface area contributed by atoms with E-state index >= 15 is 0 Å². The zero-order valence-corrected chi connectivity index (χ0v) is 15.4. The highest BCUT2D eigenvalue weighted by Crippen LogP contribution is 2.36. The van der Waals surface area contributed by atoms with E-state index in [9.17, 15) is 4.79 Å². The number of hydrogen-bond acceptors (Lipinski definition) is 4. The van der Waals surface area contributed by atoms with E-state index in [2.05, 4.69) is 12.2 Å². The summed E-state index contributed by atoms with van der Waals surface area (Å²) in [7, 11) is 1.68. The Bertz CT molecular complexity index is 748. The molecule has 138 valence electrons. The monoisotopic (exact) mass is 354 g/mol. The molecule has 0 radical (unpaired) electrons. The van der Waals surface area contributed by atoms with Crippen molar-refractivity contribution in [3.05, 3.63) is 59.7 Å². The van der Waals surface area contributed by atoms with Gasteiger partial charge < -0.3 is 19.7 Å². The third-order valence-electron chi connectivity index (χ3n) is 4.44. The van der Waals surface area contributed by atoms with Crippen LogP contribution in [0, 0.1) is 0 Å². The van der Waals surface area contributed by atoms with Gasteiger partial charge in [-0.25, -0.2) is 0 Å². The highest BCUT2D eigenvalue weighted by Gasteiger charge is 2.33. The average molecular weight is 354 g/mol. The van der Waals surface area contributed by atoms with Crippen LogP contribution in [0.5, 0.6) is 5.75 Å². The number of ether oxygens (including phenoxy) is 2. The second kappa shape index (κ2) is 8.72. The van der Waals surface area contributed by atoms with Gasteiger partial charge in [0.25, 0.3) is 5.91 Å². The topological polar surface area (TPSA) is 50.8 Å². The maximum Gasteiger partial charge on any atom is 0.257 e. The van der Waals surface area contributed by atoms with Crippen molar-refractivity contribution in [2.24, 2.45) is 0 Å². The number of fused-ring (bicyclic) bond motifs is 1. The summed E-state index contributed by atoms with van der Waals surface area (Å²) in [5.41, 5.74) is 2.53. The fourth-order valence-electron chi connectivity index (χ4n) is 3.20. The second-order valence-electron chi connectivity index (χ2n) is 6.32. The van der Waals surface area contributed by atoms with Gasteiger partial charge in [0.1, 0.15) is 11.9 Å². The van der Waals surface area contributed by atoms with Gasteiger partial charge in [-0.2, -0.15) is 0 Å². The molecule has 1 aliphatic rings. The molecule has 0 fully saturated rings. The first kappa shape index (κ1) is 18.3. The number of nitrogens with zero attached hydrogens (tertiary/aromatic N) is 1. The summed E-state index contributed by atoms with van der Waals surface area (Å²) in [6.45, 7) is 3.96. The quantitative estimate of drug-likeness (QED) is 0.726. The van der Waals surface area contributed by atoms with E-state index < -0.39 is 0 Å². The summed E-state index contributed by atoms with van der Waals surface area (Å²) in [4.78, 5) is 15.0. The third kappa shape index (κ3) is 3.83. The number of para-hydroxylation sites is 2. The van der Waals surface area contributed by atoms with Crippen LogP contribution in [-0.4, -0.2) is 37.7 Å². The largest absolute Gasteiger partial charge is 0.493 e. The molecular formula is C21H26N2O3. The van der Waals surface area contributed by atoms with Crippen LogP contribution < -0.4 is 10.1 Å². The number of methoxy groups -OCH3 is 1. The van der Waals surface area contributed by atoms with Crippen molar-refractivity contribution < 1.29 is 14.3 Å². The average Bonchev–Trinajstić information content (AvgIpc) is 2.68. The Morgan fingerprint density at radius 1 is 1.08 bits per heavy atom. The number of anilines is 1. The van der Waals surface area contributed by atoms with E-state index in [-0.39, 0.29) is 12.1 Å². The zero-order valence-electron chi connectivity index (χ0n) is 15.4. The standard InChI is InChI=1S/C21H26N2O3/c1-3-14-26-19-12-7-5-10-17(19)20-22-18-11-6-4-9-16(18)21(24)23(20)13-8-15-25-2/h4-7,9-12,20,22H,3,8,13-15H2,1-2H3. The van der Waals surface area contributed by atoms with Gasteiger partial charge in [0.2, 0.25) is 0 Å². The van der Waals surface area contributed by atoms with Crippen molar-refractivity contribution in [3.63, 3.8) is 0 Å². The maximum atomic E-state index is 13.1. The predicted molar refractivity (Wildman–Crippen MR) is 103 cm³/mol. The Morgan fingerprint density at radius 2 is 1.85 bits per heavy atom. The predicted octanol–water partition coefficient (Wildman–Crippen LogP) is 4.08. The fraction of sp³-hybridized carbons (Fsp3) is 0.381. The Morgan fingerprint density at radius 3 is 2.65 bits per heavy atom. The summed E-state index contributed by atoms with van der Waals surface area (Å²) >= 11 is 0. The minimum absolute atomic E-state index is 0.0331. The molecule has 0 spiro atoms. The molecule has 0 saturated carbocycles. The van der Waals surface area contributed by atoms with Crippen LogP contribution in [0.15, 0.2) is 48.5 Å². The van der Waals surface area contributed by atoms with Gasteiger partial charge in [-0.05, 0) is 31.0 Å². The molecule has 0 aromatic heterocycles. The minimum Gasteiger partial charge on any atom is -0.493 e. The van der Waals surface area contributed by atoms with Crippen LogP contribution in [0.3, 0.4) is 0 Å². The summed E-state index contributed by atoms with van der Waals surface area (Å²) in [6.07, 6.45) is 1.45. The van der Waals surface area contributed by atoms with Crippen molar-refractivity contribution in [2.45, 2.75) is 25.9 Å². The number of carbonyl (C=O) groups excluding carboxylic acids is 1. The molecule has 2 aromatic rings. The van der Waals surface area contributed by atoms with Crippen molar-refractivity contribution in [1.29, 1.82) is 0 Å². The number of rotatable bonds is 8. The van der Waals surface area contributed by atoms with E-state index in [0.29, 0.717) is 25.3 Å². The second-order valence-corrected chi connectivity index (χ2v) is 6.32. The Labute approximate surface area is 154 Å². The normalized spacial score (nSPS) is 16.2. The van der Waals surface area contributed by atoms with Crippen LogP contribution >= 0.6 is 0 Å². The van der Waals surface area contributed by atoms with Gasteiger partial charge in [-0.1, -0.05) is 37.3 Å². The van der Waals surface area contributed by atoms with Crippen LogP contribution in [0.25, 0.3) is 0 Å². The fourth-order valence-corrected chi connectivity index (χ4v) is 3.20. The molecule has 1 N–H and O–H groups in total. The molecule has 5 nitrogen and oxygen atoms in total. The molecule has 0 saturated heterocycles. The van der Waals surface area contributed by atoms with Gasteiger partial charge in [0, 0.05) is 31.5 Å². The lowest BCUT2D eigenvalue weighted by Crippen LogP contribution is -2.43. The van der Waals surface area contributed by atoms with Gasteiger partial charge >= 0.3 is 0 Å². The smallest absolute Gasteiger partial charge is 0.257 e. The van der Waals surface area contributed by atoms with E-state index in [0.717, 1.165) is 29.8 Å². The molecule has 1 aliphatic heterocycles. The molecule has 1 heterocycles. The van der Waals surface area contributed by atoms with E-state index in [1.165, 1.54) is 0 Å². The lowest BCUT2D eigenvalue weighted by atomic mass is 10.0. The molecule has 5 heteroatoms. The van der Waals surface area contributed by atoms with E-state index in [1.54, 1.807) is 7.11 Å². The summed E-state index contributed by atoms with van der Waals surface area (Å²) in [5, 5.41) is 3.52. The van der Waals surface area contributed by atoms with Gasteiger partial charge in [0.15, 0.2) is 0 Å². The summed E-state index contributed by atoms with van der Waals surface area (Å²) < 4.78 is 11.1. The molecule has 26 heavy (non-hydrogen) atoms. The first-order valence-corrected chi connectivity index (χ1v) is 9.13. The molecule has 1 atom stereocenters. The molecule has 0 aliphatic carbocycles. The first-order valence-electron chi connectivity index (χ1n) is 9.13. The SMILES string of the molecule is CCCOc1ccccc1C1Nc2ccccc2C(=O)N1CCCOC. The van der Waals surface area contributed by atoms with Gasteiger partial charge in [-0.3, -0.25) is 4.79 Å². The molecule has 2 aromatic carbocycles. The maximum absolute atomic E-state index is 13.1. The van der Waals surface area contributed by atoms with Gasteiger partial charge in [0.05, 0.1) is 12.2 Å². The molecule has 0 bridgehead atoms. The van der Waals surface area contributed by atoms with Crippen molar-refractivity contribution >= 4 is 11.6 Å². The molecule has 3 rings (SSSR count). The Kier molecular flexibility index (Phi) is 6.12. The lowest BCUT2D eigenvalue weighted by Gasteiger charge is -2.38. The molecule has 1 unspecified atom stereocenters. The van der Waals surface area contributed by atoms with Crippen LogP contribution in [-0.2, 0) is 4.74 Å². The highest BCUT2D eigenvalue weighted by atomic mass is 16.5. The van der Waals surface area contributed by atoms with Crippen LogP contribution in [0.2, 0.25) is 0 Å². The van der Waals surface area contributed by atoms with Crippen molar-refractivity contribution in [3.8, 4) is 5.75 Å². The number of nitrogens with one attached hydrogen (secondary N) is 1. The van der Waals surface area contributed by atoms with E-state index in [4.69, 9.17) is 9.47 Å². The first-order chi connectivity index (χ1) is 12.8. The number of hydrogen-bond donors (Lipinski definition) is 1. The third-order valence-corrected chi connectivity index (χ3v) is 4.44. The van der Waals surface area contributed by atoms with Crippen LogP contribution in [0.1, 0.15) is 41.9 Å². The lowest BCUT2D eigenvalue weighted by molar-refractivity contribution is 0.0657. The summed E-state index contributed by atoms with van der Waals surface area (Å²) in [6, 6.07) is 15.6. The molecule has 1 amide bonds. The highest BCUT2D eigenvalue weighted by molar-refractivity contribution is 6.01. The number of amides is 1. The number of carbonyl (C=O) groups is 1. The Hall–Kier alpha value is -2.53. The number of benzene rings is 2. The Balaban J connectivity index is 1.96. The summed E-state index contributed by atoms with van der Waals surface area (Å²) in [5.74, 6) is 0.849. The van der Waals surface area contributed by atoms with Gasteiger partial charge in [-0.15, -0.1) is 0 Å². The van der Waals surface area contributed by atoms with Crippen LogP contribution in [0.4, 0.5) is 5.69 Å². The zero-order chi connectivity index (χ0) is 18.4. The molecular weight excluding hydrogens is 328 g/mol. The van der Waals surface area contributed by atoms with Crippen molar-refractivity contribution in [1.82, 2.24) is 4.90 Å².